The lowest BCUT2D eigenvalue weighted by Gasteiger charge is -1.95. The summed E-state index contributed by atoms with van der Waals surface area (Å²) in [6.45, 7) is 1.90. The average Bonchev–Trinajstić information content (AvgIpc) is 2.17. The topological polar surface area (TPSA) is 58.3 Å². The molecule has 0 atom stereocenters. The Kier molecular flexibility index (Phi) is 1.53. The summed E-state index contributed by atoms with van der Waals surface area (Å²) in [4.78, 5) is 3.70. The van der Waals surface area contributed by atoms with Gasteiger partial charge in [0.1, 0.15) is 5.82 Å². The molecule has 0 unspecified atom stereocenters. The average molecular weight is 142 g/mol. The van der Waals surface area contributed by atoms with Gasteiger partial charge in [-0.3, -0.25) is 4.57 Å². The maximum absolute atomic E-state index is 9.01. The van der Waals surface area contributed by atoms with Gasteiger partial charge in [0.2, 0.25) is 0 Å². The van der Waals surface area contributed by atoms with Crippen molar-refractivity contribution in [2.24, 2.45) is 7.05 Å². The molecule has 1 aromatic rings. The highest BCUT2D eigenvalue weighted by Crippen LogP contribution is 2.23. The molecule has 0 aliphatic rings. The lowest BCUT2D eigenvalue weighted by Crippen LogP contribution is -1.94. The fourth-order valence-electron chi connectivity index (χ4n) is 0.836. The van der Waals surface area contributed by atoms with Crippen molar-refractivity contribution in [1.29, 1.82) is 0 Å². The molecule has 0 saturated heterocycles. The summed E-state index contributed by atoms with van der Waals surface area (Å²) in [6.07, 6.45) is 0.699. The fraction of sp³-hybridized carbons (Fsp3) is 0.500. The van der Waals surface area contributed by atoms with Crippen LogP contribution in [0, 0.1) is 0 Å². The molecule has 1 rings (SSSR count). The van der Waals surface area contributed by atoms with E-state index in [4.69, 9.17) is 10.2 Å². The number of rotatable bonds is 1. The number of aromatic hydroxyl groups is 2. The van der Waals surface area contributed by atoms with Crippen LogP contribution in [-0.2, 0) is 13.5 Å². The van der Waals surface area contributed by atoms with Crippen molar-refractivity contribution < 1.29 is 10.2 Å². The summed E-state index contributed by atoms with van der Waals surface area (Å²) < 4.78 is 1.45. The lowest BCUT2D eigenvalue weighted by atomic mass is 10.5. The van der Waals surface area contributed by atoms with E-state index in [1.165, 1.54) is 4.57 Å². The van der Waals surface area contributed by atoms with Gasteiger partial charge in [-0.25, -0.2) is 0 Å². The molecule has 10 heavy (non-hydrogen) atoms. The summed E-state index contributed by atoms with van der Waals surface area (Å²) in [5.41, 5.74) is 0. The first kappa shape index (κ1) is 6.92. The van der Waals surface area contributed by atoms with Crippen molar-refractivity contribution in [2.75, 3.05) is 0 Å². The van der Waals surface area contributed by atoms with Gasteiger partial charge in [0.15, 0.2) is 0 Å². The lowest BCUT2D eigenvalue weighted by molar-refractivity contribution is 0.373. The second kappa shape index (κ2) is 2.21. The normalized spacial score (nSPS) is 10.2. The second-order valence-electron chi connectivity index (χ2n) is 2.09. The molecule has 56 valence electrons. The Bertz CT molecular complexity index is 242. The summed E-state index contributed by atoms with van der Waals surface area (Å²) in [5, 5.41) is 17.9. The van der Waals surface area contributed by atoms with Crippen molar-refractivity contribution in [1.82, 2.24) is 9.55 Å². The molecule has 0 radical (unpaired) electrons. The molecular formula is C6H10N2O2. The minimum absolute atomic E-state index is 0.170. The van der Waals surface area contributed by atoms with Crippen LogP contribution in [0.15, 0.2) is 0 Å². The van der Waals surface area contributed by atoms with Crippen molar-refractivity contribution in [3.63, 3.8) is 0 Å². The van der Waals surface area contributed by atoms with Crippen LogP contribution in [0.25, 0.3) is 0 Å². The van der Waals surface area contributed by atoms with E-state index in [0.29, 0.717) is 12.2 Å². The molecule has 0 spiro atoms. The first-order valence-electron chi connectivity index (χ1n) is 3.10. The Labute approximate surface area is 58.8 Å². The van der Waals surface area contributed by atoms with Gasteiger partial charge in [-0.15, -0.1) is 0 Å². The molecule has 0 aromatic carbocycles. The van der Waals surface area contributed by atoms with Crippen molar-refractivity contribution in [3.05, 3.63) is 5.82 Å². The maximum atomic E-state index is 9.01. The highest BCUT2D eigenvalue weighted by Gasteiger charge is 2.09. The first-order valence-corrected chi connectivity index (χ1v) is 3.10. The molecule has 4 heteroatoms. The van der Waals surface area contributed by atoms with Crippen molar-refractivity contribution in [3.8, 4) is 11.8 Å². The van der Waals surface area contributed by atoms with Gasteiger partial charge >= 0.3 is 0 Å². The predicted octanol–water partition coefficient (Wildman–Crippen LogP) is 0.394. The Morgan fingerprint density at radius 2 is 2.10 bits per heavy atom. The predicted molar refractivity (Wildman–Crippen MR) is 35.9 cm³/mol. The standard InChI is InChI=1S/C6H10N2O2/c1-3-4-7-5(9)6(10)8(4)2/h9-10H,3H2,1-2H3. The Hall–Kier alpha value is -1.19. The molecule has 0 fully saturated rings. The van der Waals surface area contributed by atoms with Crippen LogP contribution in [-0.4, -0.2) is 19.8 Å². The van der Waals surface area contributed by atoms with Crippen molar-refractivity contribution >= 4 is 0 Å². The third-order valence-corrected chi connectivity index (χ3v) is 1.46. The van der Waals surface area contributed by atoms with Crippen LogP contribution in [0.1, 0.15) is 12.7 Å². The van der Waals surface area contributed by atoms with Gasteiger partial charge in [0.25, 0.3) is 11.8 Å². The van der Waals surface area contributed by atoms with Gasteiger partial charge in [-0.1, -0.05) is 6.92 Å². The molecule has 1 aromatic heterocycles. The van der Waals surface area contributed by atoms with Gasteiger partial charge in [-0.2, -0.15) is 4.98 Å². The SMILES string of the molecule is CCc1nc(O)c(O)n1C. The van der Waals surface area contributed by atoms with Crippen LogP contribution in [0.4, 0.5) is 0 Å². The summed E-state index contributed by atoms with van der Waals surface area (Å²) in [6, 6.07) is 0. The molecule has 1 heterocycles. The highest BCUT2D eigenvalue weighted by atomic mass is 16.3. The summed E-state index contributed by atoms with van der Waals surface area (Å²) >= 11 is 0. The zero-order chi connectivity index (χ0) is 7.72. The van der Waals surface area contributed by atoms with E-state index in [1.807, 2.05) is 6.92 Å². The van der Waals surface area contributed by atoms with E-state index in [-0.39, 0.29) is 11.8 Å². The molecule has 2 N–H and O–H groups in total. The number of nitrogens with zero attached hydrogens (tertiary/aromatic N) is 2. The Morgan fingerprint density at radius 1 is 1.50 bits per heavy atom. The van der Waals surface area contributed by atoms with E-state index in [1.54, 1.807) is 7.05 Å². The Morgan fingerprint density at radius 3 is 2.30 bits per heavy atom. The van der Waals surface area contributed by atoms with Gasteiger partial charge < -0.3 is 10.2 Å². The third kappa shape index (κ3) is 0.814. The van der Waals surface area contributed by atoms with E-state index >= 15 is 0 Å². The molecule has 0 aliphatic heterocycles. The molecule has 4 nitrogen and oxygen atoms in total. The van der Waals surface area contributed by atoms with E-state index < -0.39 is 0 Å². The molecular weight excluding hydrogens is 132 g/mol. The minimum Gasteiger partial charge on any atom is -0.491 e. The van der Waals surface area contributed by atoms with E-state index in [2.05, 4.69) is 4.98 Å². The quantitative estimate of drug-likeness (QED) is 0.596. The third-order valence-electron chi connectivity index (χ3n) is 1.46. The highest BCUT2D eigenvalue weighted by molar-refractivity contribution is 5.26. The number of hydrogen-bond acceptors (Lipinski definition) is 3. The van der Waals surface area contributed by atoms with Crippen LogP contribution >= 0.6 is 0 Å². The van der Waals surface area contributed by atoms with Crippen LogP contribution in [0.3, 0.4) is 0 Å². The maximum Gasteiger partial charge on any atom is 0.275 e. The summed E-state index contributed by atoms with van der Waals surface area (Å²) in [5.74, 6) is 0.214. The largest absolute Gasteiger partial charge is 0.491 e. The smallest absolute Gasteiger partial charge is 0.275 e. The number of imidazole rings is 1. The summed E-state index contributed by atoms with van der Waals surface area (Å²) in [7, 11) is 1.65. The number of aromatic nitrogens is 2. The van der Waals surface area contributed by atoms with E-state index in [0.717, 1.165) is 0 Å². The van der Waals surface area contributed by atoms with Gasteiger partial charge in [-0.05, 0) is 0 Å². The molecule has 0 aliphatic carbocycles. The minimum atomic E-state index is -0.292. The van der Waals surface area contributed by atoms with Gasteiger partial charge in [0.05, 0.1) is 0 Å². The van der Waals surface area contributed by atoms with Crippen LogP contribution in [0.5, 0.6) is 11.8 Å². The zero-order valence-electron chi connectivity index (χ0n) is 6.00. The molecule has 0 amide bonds. The second-order valence-corrected chi connectivity index (χ2v) is 2.09. The monoisotopic (exact) mass is 142 g/mol. The van der Waals surface area contributed by atoms with Crippen LogP contribution < -0.4 is 0 Å². The van der Waals surface area contributed by atoms with Gasteiger partial charge in [0, 0.05) is 13.5 Å². The fourth-order valence-corrected chi connectivity index (χ4v) is 0.836. The van der Waals surface area contributed by atoms with Crippen LogP contribution in [0.2, 0.25) is 0 Å². The first-order chi connectivity index (χ1) is 4.66. The zero-order valence-corrected chi connectivity index (χ0v) is 6.00. The number of hydrogen-bond donors (Lipinski definition) is 2. The molecule has 0 saturated carbocycles. The van der Waals surface area contributed by atoms with Crippen molar-refractivity contribution in [2.45, 2.75) is 13.3 Å². The van der Waals surface area contributed by atoms with E-state index in [9.17, 15) is 0 Å². The Balaban J connectivity index is 3.17. The molecule has 0 bridgehead atoms. The number of aryl methyl sites for hydroxylation is 1.